The number of aliphatic carboxylic acids is 1. The predicted molar refractivity (Wildman–Crippen MR) is 62.5 cm³/mol. The number of rotatable bonds is 3. The third-order valence-electron chi connectivity index (χ3n) is 3.72. The molecular weight excluding hydrogens is 297 g/mol. The van der Waals surface area contributed by atoms with Crippen LogP contribution in [0.3, 0.4) is 0 Å². The summed E-state index contributed by atoms with van der Waals surface area (Å²) in [5, 5.41) is 20.5. The van der Waals surface area contributed by atoms with Crippen LogP contribution < -0.4 is 56.5 Å². The molecule has 0 aromatic carbocycles. The number of hydrogen-bond acceptors (Lipinski definition) is 6. The van der Waals surface area contributed by atoms with Gasteiger partial charge in [-0.05, 0) is 20.8 Å². The molecule has 2 fully saturated rings. The molecule has 1 amide bonds. The molecule has 0 saturated carbocycles. The van der Waals surface area contributed by atoms with Crippen molar-refractivity contribution in [2.45, 2.75) is 48.6 Å². The Bertz CT molecular complexity index is 416. The van der Waals surface area contributed by atoms with Gasteiger partial charge in [-0.2, -0.15) is 0 Å². The minimum atomic E-state index is -1.34. The summed E-state index contributed by atoms with van der Waals surface area (Å²) in [7, 11) is 1.35. The Morgan fingerprint density at radius 3 is 2.47 bits per heavy atom. The van der Waals surface area contributed by atoms with E-state index in [1.54, 1.807) is 13.8 Å². The standard InChI is InChI=1S/C11H17NO5S.K/c1-5(13)11(17-4)8(16)12-6(7(14)15)10(2,3)18-9(11)12;/h5-6,9,13H,1-4H3,(H,14,15);/q;+1/p-1/t5?,6-,9+,11+;/m0./s1. The van der Waals surface area contributed by atoms with Crippen LogP contribution in [0.4, 0.5) is 0 Å². The van der Waals surface area contributed by atoms with Gasteiger partial charge in [0.1, 0.15) is 5.37 Å². The number of aliphatic hydroxyl groups is 1. The van der Waals surface area contributed by atoms with Crippen molar-refractivity contribution in [3.63, 3.8) is 0 Å². The fourth-order valence-electron chi connectivity index (χ4n) is 2.78. The van der Waals surface area contributed by atoms with Gasteiger partial charge < -0.3 is 24.6 Å². The van der Waals surface area contributed by atoms with E-state index in [2.05, 4.69) is 0 Å². The molecule has 2 heterocycles. The Balaban J connectivity index is 0.00000180. The Morgan fingerprint density at radius 2 is 2.11 bits per heavy atom. The third kappa shape index (κ3) is 2.24. The van der Waals surface area contributed by atoms with E-state index >= 15 is 0 Å². The van der Waals surface area contributed by atoms with E-state index in [-0.39, 0.29) is 51.4 Å². The van der Waals surface area contributed by atoms with Crippen molar-refractivity contribution in [3.8, 4) is 0 Å². The molecule has 2 aliphatic rings. The van der Waals surface area contributed by atoms with E-state index in [0.717, 1.165) is 0 Å². The first kappa shape index (κ1) is 17.9. The van der Waals surface area contributed by atoms with Crippen LogP contribution in [0.25, 0.3) is 0 Å². The SMILES string of the molecule is CO[C@]1(C(C)O)C(=O)N2[C@@H](C(=O)[O-])C(C)(C)S[C@@H]21.[K+]. The zero-order valence-electron chi connectivity index (χ0n) is 11.7. The average Bonchev–Trinajstić information content (AvgIpc) is 2.48. The molecule has 1 unspecified atom stereocenters. The van der Waals surface area contributed by atoms with Gasteiger partial charge in [0.15, 0.2) is 0 Å². The zero-order valence-corrected chi connectivity index (χ0v) is 15.6. The smallest absolute Gasteiger partial charge is 0.548 e. The number of carbonyl (C=O) groups is 2. The molecule has 2 saturated heterocycles. The van der Waals surface area contributed by atoms with Gasteiger partial charge in [-0.15, -0.1) is 11.8 Å². The fourth-order valence-corrected chi connectivity index (χ4v) is 4.59. The van der Waals surface area contributed by atoms with Gasteiger partial charge in [0, 0.05) is 11.9 Å². The van der Waals surface area contributed by atoms with Crippen molar-refractivity contribution in [1.82, 2.24) is 4.90 Å². The van der Waals surface area contributed by atoms with Crippen LogP contribution in [0.1, 0.15) is 20.8 Å². The number of amides is 1. The maximum Gasteiger partial charge on any atom is 1.00 e. The minimum absolute atomic E-state index is 0. The van der Waals surface area contributed by atoms with E-state index < -0.39 is 39.7 Å². The van der Waals surface area contributed by atoms with Crippen LogP contribution >= 0.6 is 11.8 Å². The first-order valence-corrected chi connectivity index (χ1v) is 6.52. The number of hydrogen-bond donors (Lipinski definition) is 1. The Labute approximate surface area is 158 Å². The number of fused-ring (bicyclic) bond motifs is 1. The zero-order chi connectivity index (χ0) is 13.9. The maximum absolute atomic E-state index is 12.2. The quantitative estimate of drug-likeness (QED) is 0.418. The van der Waals surface area contributed by atoms with E-state index in [1.165, 1.54) is 30.7 Å². The van der Waals surface area contributed by atoms with Crippen LogP contribution in [0.15, 0.2) is 0 Å². The van der Waals surface area contributed by atoms with Gasteiger partial charge in [0.2, 0.25) is 5.60 Å². The molecule has 8 heteroatoms. The van der Waals surface area contributed by atoms with Crippen LogP contribution in [0.5, 0.6) is 0 Å². The molecule has 2 aliphatic heterocycles. The molecule has 1 N–H and O–H groups in total. The summed E-state index contributed by atoms with van der Waals surface area (Å²) >= 11 is 1.32. The molecule has 0 spiro atoms. The Kier molecular flexibility index (Phi) is 5.24. The first-order chi connectivity index (χ1) is 8.20. The second kappa shape index (κ2) is 5.56. The normalized spacial score (nSPS) is 37.1. The van der Waals surface area contributed by atoms with Gasteiger partial charge in [-0.25, -0.2) is 0 Å². The van der Waals surface area contributed by atoms with Crippen molar-refractivity contribution < 1.29 is 75.9 Å². The summed E-state index contributed by atoms with van der Waals surface area (Å²) in [6.07, 6.45) is -1.000. The summed E-state index contributed by atoms with van der Waals surface area (Å²) < 4.78 is 4.54. The van der Waals surface area contributed by atoms with Crippen LogP contribution in [0.2, 0.25) is 0 Å². The predicted octanol–water partition coefficient (Wildman–Crippen LogP) is -4.43. The number of thioether (sulfide) groups is 1. The minimum Gasteiger partial charge on any atom is -0.548 e. The van der Waals surface area contributed by atoms with Crippen molar-refractivity contribution in [2.75, 3.05) is 7.11 Å². The van der Waals surface area contributed by atoms with E-state index in [9.17, 15) is 19.8 Å². The number of carboxylic acid groups (broad SMARTS) is 1. The Hall–Kier alpha value is 0.846. The average molecular weight is 313 g/mol. The monoisotopic (exact) mass is 313 g/mol. The summed E-state index contributed by atoms with van der Waals surface area (Å²) in [4.78, 5) is 24.6. The first-order valence-electron chi connectivity index (χ1n) is 5.64. The number of ether oxygens (including phenoxy) is 1. The molecule has 19 heavy (non-hydrogen) atoms. The molecule has 6 nitrogen and oxygen atoms in total. The van der Waals surface area contributed by atoms with Crippen molar-refractivity contribution in [1.29, 1.82) is 0 Å². The van der Waals surface area contributed by atoms with Gasteiger partial charge in [0.25, 0.3) is 5.91 Å². The van der Waals surface area contributed by atoms with Crippen molar-refractivity contribution in [2.24, 2.45) is 0 Å². The van der Waals surface area contributed by atoms with Gasteiger partial charge in [-0.1, -0.05) is 0 Å². The molecule has 4 atom stereocenters. The van der Waals surface area contributed by atoms with E-state index in [1.807, 2.05) is 0 Å². The number of methoxy groups -OCH3 is 1. The molecule has 102 valence electrons. The number of β-lactam (4-membered cyclic amide) rings is 1. The second-order valence-corrected chi connectivity index (χ2v) is 6.92. The largest absolute Gasteiger partial charge is 1.00 e. The molecule has 0 aromatic heterocycles. The van der Waals surface area contributed by atoms with Gasteiger partial charge >= 0.3 is 51.4 Å². The third-order valence-corrected chi connectivity index (χ3v) is 5.35. The number of aliphatic hydroxyl groups excluding tert-OH is 1. The summed E-state index contributed by atoms with van der Waals surface area (Å²) in [5.41, 5.74) is -1.34. The fraction of sp³-hybridized carbons (Fsp3) is 0.818. The van der Waals surface area contributed by atoms with Crippen LogP contribution in [-0.4, -0.2) is 56.9 Å². The molecule has 0 aliphatic carbocycles. The Morgan fingerprint density at radius 1 is 1.58 bits per heavy atom. The van der Waals surface area contributed by atoms with E-state index in [4.69, 9.17) is 4.74 Å². The van der Waals surface area contributed by atoms with Gasteiger partial charge in [0.05, 0.1) is 18.1 Å². The van der Waals surface area contributed by atoms with Gasteiger partial charge in [-0.3, -0.25) is 4.79 Å². The number of carboxylic acids is 1. The van der Waals surface area contributed by atoms with Crippen LogP contribution in [0, 0.1) is 0 Å². The molecular formula is C11H16KNO5S. The molecule has 0 bridgehead atoms. The second-order valence-electron chi connectivity index (χ2n) is 5.18. The molecule has 2 rings (SSSR count). The summed E-state index contributed by atoms with van der Waals surface area (Å²) in [6, 6.07) is -0.998. The molecule has 0 radical (unpaired) electrons. The maximum atomic E-state index is 12.2. The van der Waals surface area contributed by atoms with Crippen molar-refractivity contribution in [3.05, 3.63) is 0 Å². The van der Waals surface area contributed by atoms with Crippen molar-refractivity contribution >= 4 is 23.6 Å². The number of carbonyl (C=O) groups excluding carboxylic acids is 2. The van der Waals surface area contributed by atoms with E-state index in [0.29, 0.717) is 0 Å². The summed E-state index contributed by atoms with van der Waals surface area (Å²) in [5.74, 6) is -1.77. The summed E-state index contributed by atoms with van der Waals surface area (Å²) in [6.45, 7) is 4.96. The van der Waals surface area contributed by atoms with Crippen LogP contribution in [-0.2, 0) is 14.3 Å². The molecule has 0 aromatic rings. The number of nitrogens with zero attached hydrogens (tertiary/aromatic N) is 1. The topological polar surface area (TPSA) is 89.9 Å².